The summed E-state index contributed by atoms with van der Waals surface area (Å²) in [5, 5.41) is 0. The summed E-state index contributed by atoms with van der Waals surface area (Å²) >= 11 is 0. The molecule has 0 fully saturated rings. The maximum Gasteiger partial charge on any atom is 0.250 e. The van der Waals surface area contributed by atoms with Gasteiger partial charge in [0.25, 0.3) is 0 Å². The van der Waals surface area contributed by atoms with Crippen LogP contribution in [-0.4, -0.2) is 26.6 Å². The van der Waals surface area contributed by atoms with Crippen LogP contribution in [0.2, 0.25) is 0 Å². The van der Waals surface area contributed by atoms with Gasteiger partial charge in [-0.25, -0.2) is 8.42 Å². The molecule has 7 heteroatoms. The number of nitrogens with one attached hydrogen (secondary N) is 1. The van der Waals surface area contributed by atoms with Gasteiger partial charge in [-0.15, -0.1) is 12.4 Å². The predicted molar refractivity (Wildman–Crippen MR) is 53.1 cm³/mol. The summed E-state index contributed by atoms with van der Waals surface area (Å²) in [5.74, 6) is -0.639. The first-order valence-corrected chi connectivity index (χ1v) is 5.53. The molecule has 1 unspecified atom stereocenters. The second-order valence-corrected chi connectivity index (χ2v) is 4.38. The lowest BCUT2D eigenvalue weighted by atomic mass is 10.2. The minimum atomic E-state index is -3.47. The SMILES string of the molecule is CCCC(N)C(=O)NS(C)(=O)=O.Cl. The molecule has 0 aromatic rings. The van der Waals surface area contributed by atoms with Crippen molar-refractivity contribution in [3.8, 4) is 0 Å². The zero-order valence-corrected chi connectivity index (χ0v) is 9.24. The number of nitrogens with two attached hydrogens (primary N) is 1. The number of rotatable bonds is 4. The Morgan fingerprint density at radius 3 is 2.31 bits per heavy atom. The fraction of sp³-hybridized carbons (Fsp3) is 0.833. The lowest BCUT2D eigenvalue weighted by molar-refractivity contribution is -0.120. The molecule has 0 bridgehead atoms. The molecule has 0 spiro atoms. The maximum absolute atomic E-state index is 10.9. The van der Waals surface area contributed by atoms with Gasteiger partial charge in [0, 0.05) is 0 Å². The van der Waals surface area contributed by atoms with Crippen LogP contribution in [0.15, 0.2) is 0 Å². The molecule has 0 rings (SSSR count). The first-order chi connectivity index (χ1) is 5.37. The van der Waals surface area contributed by atoms with Crippen LogP contribution in [0.5, 0.6) is 0 Å². The van der Waals surface area contributed by atoms with E-state index in [4.69, 9.17) is 5.73 Å². The molecule has 80 valence electrons. The van der Waals surface area contributed by atoms with Crippen molar-refractivity contribution < 1.29 is 13.2 Å². The standard InChI is InChI=1S/C6H14N2O3S.ClH/c1-3-4-5(7)6(9)8-12(2,10)11;/h5H,3-4,7H2,1-2H3,(H,8,9);1H. The number of hydrogen-bond acceptors (Lipinski definition) is 4. The molecule has 0 aromatic carbocycles. The molecule has 0 saturated carbocycles. The second-order valence-electron chi connectivity index (χ2n) is 2.63. The number of amides is 1. The molecule has 3 N–H and O–H groups in total. The molecule has 0 aliphatic rings. The Labute approximate surface area is 84.5 Å². The van der Waals surface area contributed by atoms with E-state index in [9.17, 15) is 13.2 Å². The Morgan fingerprint density at radius 1 is 1.54 bits per heavy atom. The normalized spacial score (nSPS) is 12.8. The molecular weight excluding hydrogens is 216 g/mol. The Balaban J connectivity index is 0. The van der Waals surface area contributed by atoms with Gasteiger partial charge >= 0.3 is 0 Å². The largest absolute Gasteiger partial charge is 0.320 e. The number of carbonyl (C=O) groups excluding carboxylic acids is 1. The van der Waals surface area contributed by atoms with Crippen molar-refractivity contribution >= 4 is 28.3 Å². The van der Waals surface area contributed by atoms with E-state index in [0.29, 0.717) is 6.42 Å². The fourth-order valence-corrected chi connectivity index (χ4v) is 1.22. The Hall–Kier alpha value is -0.330. The first-order valence-electron chi connectivity index (χ1n) is 3.64. The first kappa shape index (κ1) is 15.2. The molecule has 0 aromatic heterocycles. The highest BCUT2D eigenvalue weighted by molar-refractivity contribution is 7.89. The maximum atomic E-state index is 10.9. The van der Waals surface area contributed by atoms with Crippen molar-refractivity contribution in [2.24, 2.45) is 5.73 Å². The lowest BCUT2D eigenvalue weighted by Gasteiger charge is -2.08. The molecule has 5 nitrogen and oxygen atoms in total. The van der Waals surface area contributed by atoms with E-state index in [2.05, 4.69) is 0 Å². The summed E-state index contributed by atoms with van der Waals surface area (Å²) in [5.41, 5.74) is 5.36. The molecule has 1 amide bonds. The van der Waals surface area contributed by atoms with Crippen LogP contribution < -0.4 is 10.5 Å². The molecule has 0 heterocycles. The third-order valence-electron chi connectivity index (χ3n) is 1.22. The minimum Gasteiger partial charge on any atom is -0.320 e. The van der Waals surface area contributed by atoms with Crippen LogP contribution in [0.25, 0.3) is 0 Å². The van der Waals surface area contributed by atoms with Gasteiger partial charge in [-0.2, -0.15) is 0 Å². The molecule has 0 aliphatic heterocycles. The van der Waals surface area contributed by atoms with Gasteiger partial charge < -0.3 is 5.73 Å². The van der Waals surface area contributed by atoms with Gasteiger partial charge in [0.05, 0.1) is 12.3 Å². The van der Waals surface area contributed by atoms with Crippen LogP contribution in [0, 0.1) is 0 Å². The van der Waals surface area contributed by atoms with E-state index in [1.807, 2.05) is 11.6 Å². The van der Waals surface area contributed by atoms with E-state index in [0.717, 1.165) is 12.7 Å². The van der Waals surface area contributed by atoms with Crippen molar-refractivity contribution in [2.75, 3.05) is 6.26 Å². The smallest absolute Gasteiger partial charge is 0.250 e. The van der Waals surface area contributed by atoms with Crippen molar-refractivity contribution in [2.45, 2.75) is 25.8 Å². The number of sulfonamides is 1. The topological polar surface area (TPSA) is 89.3 Å². The molecular formula is C6H15ClN2O3S. The Morgan fingerprint density at radius 2 is 2.00 bits per heavy atom. The number of carbonyl (C=O) groups is 1. The predicted octanol–water partition coefficient (Wildman–Crippen LogP) is -0.389. The van der Waals surface area contributed by atoms with Crippen molar-refractivity contribution in [1.82, 2.24) is 4.72 Å². The summed E-state index contributed by atoms with van der Waals surface area (Å²) in [6.45, 7) is 1.87. The average Bonchev–Trinajstić information content (AvgIpc) is 1.84. The summed E-state index contributed by atoms with van der Waals surface area (Å²) in [7, 11) is -3.47. The van der Waals surface area contributed by atoms with E-state index < -0.39 is 22.0 Å². The van der Waals surface area contributed by atoms with Crippen LogP contribution in [0.3, 0.4) is 0 Å². The Kier molecular flexibility index (Phi) is 7.20. The lowest BCUT2D eigenvalue weighted by Crippen LogP contribution is -2.42. The quantitative estimate of drug-likeness (QED) is 0.689. The van der Waals surface area contributed by atoms with Gasteiger partial charge in [0.2, 0.25) is 15.9 Å². The molecule has 13 heavy (non-hydrogen) atoms. The number of hydrogen-bond donors (Lipinski definition) is 2. The monoisotopic (exact) mass is 230 g/mol. The van der Waals surface area contributed by atoms with Crippen molar-refractivity contribution in [3.05, 3.63) is 0 Å². The van der Waals surface area contributed by atoms with Crippen LogP contribution in [-0.2, 0) is 14.8 Å². The van der Waals surface area contributed by atoms with Gasteiger partial charge in [-0.05, 0) is 6.42 Å². The minimum absolute atomic E-state index is 0. The third-order valence-corrected chi connectivity index (χ3v) is 1.79. The zero-order chi connectivity index (χ0) is 9.78. The van der Waals surface area contributed by atoms with Crippen molar-refractivity contribution in [1.29, 1.82) is 0 Å². The van der Waals surface area contributed by atoms with E-state index >= 15 is 0 Å². The van der Waals surface area contributed by atoms with E-state index in [1.54, 1.807) is 0 Å². The molecule has 1 atom stereocenters. The number of halogens is 1. The highest BCUT2D eigenvalue weighted by Gasteiger charge is 2.15. The average molecular weight is 231 g/mol. The molecule has 0 radical (unpaired) electrons. The van der Waals surface area contributed by atoms with Gasteiger partial charge in [0.1, 0.15) is 0 Å². The van der Waals surface area contributed by atoms with Crippen molar-refractivity contribution in [3.63, 3.8) is 0 Å². The summed E-state index contributed by atoms with van der Waals surface area (Å²) < 4.78 is 22.9. The molecule has 0 aliphatic carbocycles. The summed E-state index contributed by atoms with van der Waals surface area (Å²) in [6.07, 6.45) is 2.16. The fourth-order valence-electron chi connectivity index (χ4n) is 0.701. The van der Waals surface area contributed by atoms with E-state index in [1.165, 1.54) is 0 Å². The van der Waals surface area contributed by atoms with Gasteiger partial charge in [0.15, 0.2) is 0 Å². The zero-order valence-electron chi connectivity index (χ0n) is 7.61. The Bertz CT molecular complexity index is 253. The highest BCUT2D eigenvalue weighted by Crippen LogP contribution is 1.93. The highest BCUT2D eigenvalue weighted by atomic mass is 35.5. The van der Waals surface area contributed by atoms with Crippen LogP contribution in [0.4, 0.5) is 0 Å². The van der Waals surface area contributed by atoms with Gasteiger partial charge in [-0.1, -0.05) is 13.3 Å². The second kappa shape index (κ2) is 6.17. The molecule has 0 saturated heterocycles. The summed E-state index contributed by atoms with van der Waals surface area (Å²) in [4.78, 5) is 10.9. The third kappa shape index (κ3) is 8.01. The van der Waals surface area contributed by atoms with Crippen LogP contribution in [0.1, 0.15) is 19.8 Å². The summed E-state index contributed by atoms with van der Waals surface area (Å²) in [6, 6.07) is -0.732. The van der Waals surface area contributed by atoms with Gasteiger partial charge in [-0.3, -0.25) is 9.52 Å². The van der Waals surface area contributed by atoms with E-state index in [-0.39, 0.29) is 12.4 Å². The van der Waals surface area contributed by atoms with Crippen LogP contribution >= 0.6 is 12.4 Å².